The number of methoxy groups -OCH3 is 2. The summed E-state index contributed by atoms with van der Waals surface area (Å²) in [5, 5.41) is 3.31. The van der Waals surface area contributed by atoms with Gasteiger partial charge < -0.3 is 30.2 Å². The number of aliphatic imine (C=N–C) groups is 1. The molecule has 33 heavy (non-hydrogen) atoms. The summed E-state index contributed by atoms with van der Waals surface area (Å²) in [4.78, 5) is 31.2. The number of hydrogen-bond acceptors (Lipinski definition) is 8. The van der Waals surface area contributed by atoms with Crippen LogP contribution in [0.1, 0.15) is 35.2 Å². The highest BCUT2D eigenvalue weighted by Crippen LogP contribution is 2.40. The maximum Gasteiger partial charge on any atom is 0.341 e. The first kappa shape index (κ1) is 21.1. The third kappa shape index (κ3) is 3.73. The molecule has 9 heteroatoms. The number of esters is 1. The molecule has 0 aromatic heterocycles. The van der Waals surface area contributed by atoms with Gasteiger partial charge in [-0.15, -0.1) is 0 Å². The molecule has 0 bridgehead atoms. The first-order chi connectivity index (χ1) is 16.0. The van der Waals surface area contributed by atoms with Crippen molar-refractivity contribution in [2.45, 2.75) is 25.3 Å². The standard InChI is InChI=1S/C24H26N4O5/c1-31-19-6-5-14(9-16(19)24(30)32-2)23-26-10-17-18(27-20(22(25)29)13-3-4-13)12-33-11-15-7-8-28(23)21(15)17/h5-6,9-10,12-13,20,27H,3-4,7-8,11H2,1-2H3,(H2,25,29). The molecular weight excluding hydrogens is 424 g/mol. The number of benzene rings is 1. The van der Waals surface area contributed by atoms with Crippen LogP contribution >= 0.6 is 0 Å². The van der Waals surface area contributed by atoms with Crippen molar-refractivity contribution < 1.29 is 23.8 Å². The molecule has 0 radical (unpaired) electrons. The van der Waals surface area contributed by atoms with Crippen LogP contribution in [-0.4, -0.2) is 56.0 Å². The van der Waals surface area contributed by atoms with Crippen molar-refractivity contribution in [1.29, 1.82) is 0 Å². The van der Waals surface area contributed by atoms with Gasteiger partial charge in [0, 0.05) is 23.9 Å². The first-order valence-corrected chi connectivity index (χ1v) is 10.9. The number of ether oxygens (including phenoxy) is 3. The zero-order valence-corrected chi connectivity index (χ0v) is 18.6. The van der Waals surface area contributed by atoms with Gasteiger partial charge in [0.1, 0.15) is 36.1 Å². The summed E-state index contributed by atoms with van der Waals surface area (Å²) in [5.41, 5.74) is 10.5. The Bertz CT molecular complexity index is 1150. The third-order valence-electron chi connectivity index (χ3n) is 6.39. The van der Waals surface area contributed by atoms with Gasteiger partial charge in [0.25, 0.3) is 0 Å². The van der Waals surface area contributed by atoms with Crippen LogP contribution in [0, 0.1) is 5.92 Å². The topological polar surface area (TPSA) is 115 Å². The van der Waals surface area contributed by atoms with E-state index in [9.17, 15) is 9.59 Å². The summed E-state index contributed by atoms with van der Waals surface area (Å²) in [6.07, 6.45) is 6.23. The Hall–Kier alpha value is -3.75. The Morgan fingerprint density at radius 1 is 1.30 bits per heavy atom. The molecule has 5 rings (SSSR count). The molecule has 1 saturated carbocycles. The predicted octanol–water partition coefficient (Wildman–Crippen LogP) is 1.81. The molecule has 1 aromatic rings. The number of nitrogens with zero attached hydrogens (tertiary/aromatic N) is 2. The Labute approximate surface area is 191 Å². The van der Waals surface area contributed by atoms with E-state index in [1.807, 2.05) is 6.07 Å². The van der Waals surface area contributed by atoms with Gasteiger partial charge in [-0.1, -0.05) is 0 Å². The van der Waals surface area contributed by atoms with E-state index in [-0.39, 0.29) is 11.8 Å². The van der Waals surface area contributed by atoms with Crippen molar-refractivity contribution in [3.05, 3.63) is 64.3 Å². The van der Waals surface area contributed by atoms with Gasteiger partial charge in [0.2, 0.25) is 5.91 Å². The lowest BCUT2D eigenvalue weighted by atomic mass is 10.0. The Balaban J connectivity index is 1.53. The van der Waals surface area contributed by atoms with Gasteiger partial charge in [0.15, 0.2) is 0 Å². The molecule has 1 atom stereocenters. The number of nitrogens with two attached hydrogens (primary N) is 1. The van der Waals surface area contributed by atoms with Crippen LogP contribution in [0.25, 0.3) is 0 Å². The molecule has 3 N–H and O–H groups in total. The molecule has 0 saturated heterocycles. The van der Waals surface area contributed by atoms with Gasteiger partial charge in [-0.25, -0.2) is 9.79 Å². The minimum Gasteiger partial charge on any atom is -0.496 e. The number of carbonyl (C=O) groups is 2. The van der Waals surface area contributed by atoms with Crippen molar-refractivity contribution in [2.24, 2.45) is 16.6 Å². The van der Waals surface area contributed by atoms with Gasteiger partial charge in [-0.2, -0.15) is 0 Å². The maximum absolute atomic E-state index is 12.3. The molecule has 1 aromatic carbocycles. The van der Waals surface area contributed by atoms with E-state index in [1.54, 1.807) is 24.6 Å². The molecular formula is C24H26N4O5. The molecule has 0 spiro atoms. The largest absolute Gasteiger partial charge is 0.496 e. The summed E-state index contributed by atoms with van der Waals surface area (Å²) in [7, 11) is 2.85. The smallest absolute Gasteiger partial charge is 0.341 e. The second kappa shape index (κ2) is 8.31. The van der Waals surface area contributed by atoms with Crippen LogP contribution in [0.5, 0.6) is 5.75 Å². The molecule has 1 aliphatic carbocycles. The minimum absolute atomic E-state index is 0.249. The summed E-state index contributed by atoms with van der Waals surface area (Å²) in [5.74, 6) is 0.576. The average molecular weight is 450 g/mol. The second-order valence-corrected chi connectivity index (χ2v) is 8.46. The lowest BCUT2D eigenvalue weighted by molar-refractivity contribution is -0.120. The van der Waals surface area contributed by atoms with Crippen LogP contribution in [-0.2, 0) is 14.3 Å². The number of rotatable bonds is 7. The quantitative estimate of drug-likeness (QED) is 0.609. The minimum atomic E-state index is -0.475. The average Bonchev–Trinajstić information content (AvgIpc) is 3.60. The summed E-state index contributed by atoms with van der Waals surface area (Å²) >= 11 is 0. The van der Waals surface area contributed by atoms with Crippen molar-refractivity contribution in [1.82, 2.24) is 10.2 Å². The Kier molecular flexibility index (Phi) is 5.32. The normalized spacial score (nSPS) is 19.9. The van der Waals surface area contributed by atoms with Crippen LogP contribution in [0.2, 0.25) is 0 Å². The van der Waals surface area contributed by atoms with Crippen molar-refractivity contribution in [3.63, 3.8) is 0 Å². The fourth-order valence-electron chi connectivity index (χ4n) is 4.58. The predicted molar refractivity (Wildman–Crippen MR) is 120 cm³/mol. The van der Waals surface area contributed by atoms with Gasteiger partial charge in [-0.3, -0.25) is 4.79 Å². The van der Waals surface area contributed by atoms with E-state index in [0.717, 1.165) is 54.0 Å². The van der Waals surface area contributed by atoms with Crippen LogP contribution in [0.3, 0.4) is 0 Å². The lowest BCUT2D eigenvalue weighted by Crippen LogP contribution is -2.43. The van der Waals surface area contributed by atoms with E-state index < -0.39 is 12.0 Å². The van der Waals surface area contributed by atoms with Crippen LogP contribution < -0.4 is 15.8 Å². The summed E-state index contributed by atoms with van der Waals surface area (Å²) < 4.78 is 16.1. The van der Waals surface area contributed by atoms with Gasteiger partial charge in [-0.05, 0) is 49.0 Å². The molecule has 3 heterocycles. The number of hydrogen-bond donors (Lipinski definition) is 2. The summed E-state index contributed by atoms with van der Waals surface area (Å²) in [6.45, 7) is 1.20. The highest BCUT2D eigenvalue weighted by atomic mass is 16.5. The zero-order chi connectivity index (χ0) is 23.1. The van der Waals surface area contributed by atoms with Gasteiger partial charge in [0.05, 0.1) is 25.6 Å². The van der Waals surface area contributed by atoms with Crippen molar-refractivity contribution in [2.75, 3.05) is 27.4 Å². The van der Waals surface area contributed by atoms with E-state index in [4.69, 9.17) is 24.9 Å². The lowest BCUT2D eigenvalue weighted by Gasteiger charge is -2.30. The number of carbonyl (C=O) groups excluding carboxylic acids is 2. The van der Waals surface area contributed by atoms with E-state index in [0.29, 0.717) is 23.6 Å². The van der Waals surface area contributed by atoms with E-state index in [1.165, 1.54) is 14.2 Å². The van der Waals surface area contributed by atoms with Gasteiger partial charge >= 0.3 is 5.97 Å². The fraction of sp³-hybridized carbons (Fsp3) is 0.375. The highest BCUT2D eigenvalue weighted by Gasteiger charge is 2.39. The molecule has 1 fully saturated rings. The molecule has 1 amide bonds. The second-order valence-electron chi connectivity index (χ2n) is 8.46. The van der Waals surface area contributed by atoms with Crippen molar-refractivity contribution >= 4 is 17.7 Å². The first-order valence-electron chi connectivity index (χ1n) is 10.9. The molecule has 3 aliphatic heterocycles. The molecule has 172 valence electrons. The number of nitrogens with one attached hydrogen (secondary N) is 1. The van der Waals surface area contributed by atoms with Crippen LogP contribution in [0.4, 0.5) is 0 Å². The Morgan fingerprint density at radius 2 is 2.12 bits per heavy atom. The number of amides is 1. The third-order valence-corrected chi connectivity index (χ3v) is 6.39. The number of primary amides is 1. The summed E-state index contributed by atoms with van der Waals surface area (Å²) in [6, 6.07) is 4.91. The highest BCUT2D eigenvalue weighted by molar-refractivity contribution is 6.04. The Morgan fingerprint density at radius 3 is 2.82 bits per heavy atom. The molecule has 1 unspecified atom stereocenters. The van der Waals surface area contributed by atoms with E-state index in [2.05, 4.69) is 10.2 Å². The zero-order valence-electron chi connectivity index (χ0n) is 18.6. The molecule has 9 nitrogen and oxygen atoms in total. The van der Waals surface area contributed by atoms with Crippen LogP contribution in [0.15, 0.2) is 58.2 Å². The molecule has 4 aliphatic rings. The SMILES string of the molecule is COC(=O)c1cc(C2=NC=C3C(NC(C(N)=O)C4CC4)=COCC4=C3N2CC4)ccc1OC. The monoisotopic (exact) mass is 450 g/mol. The maximum atomic E-state index is 12.3. The number of amidine groups is 1. The van der Waals surface area contributed by atoms with E-state index >= 15 is 0 Å². The van der Waals surface area contributed by atoms with Crippen molar-refractivity contribution in [3.8, 4) is 5.75 Å². The fourth-order valence-corrected chi connectivity index (χ4v) is 4.58.